The van der Waals surface area contributed by atoms with E-state index < -0.39 is 6.10 Å². The van der Waals surface area contributed by atoms with Crippen molar-refractivity contribution < 1.29 is 5.11 Å². The number of hydrogen-bond donors (Lipinski definition) is 3. The number of hydrogen-bond acceptors (Lipinski definition) is 3. The molecule has 0 bridgehead atoms. The van der Waals surface area contributed by atoms with Gasteiger partial charge < -0.3 is 16.6 Å². The summed E-state index contributed by atoms with van der Waals surface area (Å²) in [4.78, 5) is 0. The van der Waals surface area contributed by atoms with E-state index in [-0.39, 0.29) is 12.1 Å². The minimum Gasteiger partial charge on any atom is -0.390 e. The van der Waals surface area contributed by atoms with Crippen molar-refractivity contribution in [2.45, 2.75) is 37.5 Å². The molecule has 0 aliphatic heterocycles. The Balaban J connectivity index is 2.41. The highest BCUT2D eigenvalue weighted by atomic mass is 16.3. The Morgan fingerprint density at radius 2 is 1.56 bits per heavy atom. The minimum atomic E-state index is -0.473. The summed E-state index contributed by atoms with van der Waals surface area (Å²) >= 11 is 0. The van der Waals surface area contributed by atoms with Gasteiger partial charge in [-0.25, -0.2) is 0 Å². The minimum absolute atomic E-state index is 0.0891. The van der Waals surface area contributed by atoms with Gasteiger partial charge in [-0.1, -0.05) is 6.42 Å². The van der Waals surface area contributed by atoms with Gasteiger partial charge >= 0.3 is 0 Å². The Morgan fingerprint density at radius 3 is 1.89 bits per heavy atom. The fourth-order valence-corrected chi connectivity index (χ4v) is 1.25. The number of aliphatic hydroxyl groups is 1. The molecule has 0 aromatic heterocycles. The molecule has 3 nitrogen and oxygen atoms in total. The van der Waals surface area contributed by atoms with E-state index in [2.05, 4.69) is 0 Å². The van der Waals surface area contributed by atoms with Gasteiger partial charge in [-0.2, -0.15) is 0 Å². The lowest BCUT2D eigenvalue weighted by Crippen LogP contribution is -2.50. The Bertz CT molecular complexity index is 87.1. The molecule has 0 aromatic rings. The van der Waals surface area contributed by atoms with Gasteiger partial charge in [-0.3, -0.25) is 0 Å². The van der Waals surface area contributed by atoms with Crippen LogP contribution in [0.5, 0.6) is 0 Å². The summed E-state index contributed by atoms with van der Waals surface area (Å²) < 4.78 is 0. The number of nitrogens with two attached hydrogens (primary N) is 2. The van der Waals surface area contributed by atoms with Crippen molar-refractivity contribution in [2.24, 2.45) is 11.5 Å². The zero-order valence-corrected chi connectivity index (χ0v) is 5.46. The second kappa shape index (κ2) is 2.64. The third kappa shape index (κ3) is 1.41. The van der Waals surface area contributed by atoms with Crippen molar-refractivity contribution in [3.63, 3.8) is 0 Å². The summed E-state index contributed by atoms with van der Waals surface area (Å²) in [6.07, 6.45) is 2.40. The lowest BCUT2D eigenvalue weighted by Gasteiger charge is -2.29. The molecule has 3 heteroatoms. The highest BCUT2D eigenvalue weighted by Crippen LogP contribution is 2.15. The Kier molecular flexibility index (Phi) is 2.05. The molecule has 0 amide bonds. The zero-order valence-electron chi connectivity index (χ0n) is 5.46. The molecule has 2 unspecified atom stereocenters. The summed E-state index contributed by atoms with van der Waals surface area (Å²) in [5.41, 5.74) is 11.1. The van der Waals surface area contributed by atoms with Gasteiger partial charge in [0.05, 0.1) is 6.10 Å². The predicted octanol–water partition coefficient (Wildman–Crippen LogP) is -0.814. The molecule has 0 saturated heterocycles. The Hall–Kier alpha value is -0.120. The molecule has 0 heterocycles. The molecule has 9 heavy (non-hydrogen) atoms. The van der Waals surface area contributed by atoms with Crippen LogP contribution in [0.3, 0.4) is 0 Å². The highest BCUT2D eigenvalue weighted by Gasteiger charge is 2.25. The third-order valence-corrected chi connectivity index (χ3v) is 1.95. The van der Waals surface area contributed by atoms with E-state index in [1.54, 1.807) is 0 Å². The van der Waals surface area contributed by atoms with Gasteiger partial charge in [0.15, 0.2) is 0 Å². The normalized spacial score (nSPS) is 45.0. The van der Waals surface area contributed by atoms with Crippen LogP contribution < -0.4 is 11.5 Å². The van der Waals surface area contributed by atoms with Crippen molar-refractivity contribution in [1.82, 2.24) is 0 Å². The van der Waals surface area contributed by atoms with Crippen LogP contribution in [0.25, 0.3) is 0 Å². The molecule has 0 radical (unpaired) electrons. The van der Waals surface area contributed by atoms with Crippen LogP contribution in [0.15, 0.2) is 0 Å². The molecule has 1 saturated carbocycles. The molecule has 1 rings (SSSR count). The van der Waals surface area contributed by atoms with Gasteiger partial charge in [-0.15, -0.1) is 0 Å². The van der Waals surface area contributed by atoms with Gasteiger partial charge in [-0.05, 0) is 12.8 Å². The SMILES string of the molecule is NC1CCCC(N)C1O. The van der Waals surface area contributed by atoms with Crippen LogP contribution in [0.1, 0.15) is 19.3 Å². The maximum Gasteiger partial charge on any atom is 0.0841 e. The fourth-order valence-electron chi connectivity index (χ4n) is 1.25. The Morgan fingerprint density at radius 1 is 1.11 bits per heavy atom. The molecule has 5 N–H and O–H groups in total. The van der Waals surface area contributed by atoms with Crippen LogP contribution in [0, 0.1) is 0 Å². The van der Waals surface area contributed by atoms with E-state index in [0.29, 0.717) is 0 Å². The van der Waals surface area contributed by atoms with Crippen LogP contribution in [-0.2, 0) is 0 Å². The average Bonchev–Trinajstić information content (AvgIpc) is 1.83. The lowest BCUT2D eigenvalue weighted by atomic mass is 9.89. The number of rotatable bonds is 0. The molecular weight excluding hydrogens is 116 g/mol. The van der Waals surface area contributed by atoms with Gasteiger partial charge in [0.2, 0.25) is 0 Å². The topological polar surface area (TPSA) is 72.3 Å². The molecule has 54 valence electrons. The standard InChI is InChI=1S/C6H14N2O/c7-4-2-1-3-5(8)6(4)9/h4-6,9H,1-3,7-8H2. The smallest absolute Gasteiger partial charge is 0.0841 e. The van der Waals surface area contributed by atoms with E-state index in [1.807, 2.05) is 0 Å². The lowest BCUT2D eigenvalue weighted by molar-refractivity contribution is 0.0879. The maximum absolute atomic E-state index is 9.20. The zero-order chi connectivity index (χ0) is 6.85. The van der Waals surface area contributed by atoms with Crippen molar-refractivity contribution in [3.05, 3.63) is 0 Å². The second-order valence-corrected chi connectivity index (χ2v) is 2.75. The summed E-state index contributed by atoms with van der Waals surface area (Å²) in [6.45, 7) is 0. The molecule has 1 fully saturated rings. The van der Waals surface area contributed by atoms with E-state index in [0.717, 1.165) is 19.3 Å². The molecule has 2 atom stereocenters. The van der Waals surface area contributed by atoms with Crippen LogP contribution in [0.2, 0.25) is 0 Å². The molecular formula is C6H14N2O. The van der Waals surface area contributed by atoms with Crippen LogP contribution >= 0.6 is 0 Å². The first-order valence-electron chi connectivity index (χ1n) is 3.41. The van der Waals surface area contributed by atoms with Crippen molar-refractivity contribution in [2.75, 3.05) is 0 Å². The largest absolute Gasteiger partial charge is 0.390 e. The second-order valence-electron chi connectivity index (χ2n) is 2.75. The first-order chi connectivity index (χ1) is 4.22. The fraction of sp³-hybridized carbons (Fsp3) is 1.00. The maximum atomic E-state index is 9.20. The van der Waals surface area contributed by atoms with Gasteiger partial charge in [0.25, 0.3) is 0 Å². The van der Waals surface area contributed by atoms with E-state index >= 15 is 0 Å². The molecule has 1 aliphatic carbocycles. The van der Waals surface area contributed by atoms with E-state index in [4.69, 9.17) is 11.5 Å². The molecule has 1 aliphatic rings. The van der Waals surface area contributed by atoms with E-state index in [1.165, 1.54) is 0 Å². The monoisotopic (exact) mass is 130 g/mol. The van der Waals surface area contributed by atoms with Gasteiger partial charge in [0, 0.05) is 12.1 Å². The van der Waals surface area contributed by atoms with Crippen LogP contribution in [-0.4, -0.2) is 23.3 Å². The summed E-state index contributed by atoms with van der Waals surface area (Å²) in [6, 6.07) is -0.178. The van der Waals surface area contributed by atoms with Crippen molar-refractivity contribution in [1.29, 1.82) is 0 Å². The van der Waals surface area contributed by atoms with Crippen molar-refractivity contribution >= 4 is 0 Å². The first kappa shape index (κ1) is 6.99. The first-order valence-corrected chi connectivity index (χ1v) is 3.41. The highest BCUT2D eigenvalue weighted by molar-refractivity contribution is 4.86. The molecule has 0 spiro atoms. The van der Waals surface area contributed by atoms with Gasteiger partial charge in [0.1, 0.15) is 0 Å². The Labute approximate surface area is 55.0 Å². The predicted molar refractivity (Wildman–Crippen MR) is 35.8 cm³/mol. The average molecular weight is 130 g/mol. The number of aliphatic hydroxyl groups excluding tert-OH is 1. The summed E-state index contributed by atoms with van der Waals surface area (Å²) in [5, 5.41) is 9.20. The molecule has 0 aromatic carbocycles. The van der Waals surface area contributed by atoms with Crippen LogP contribution in [0.4, 0.5) is 0 Å². The summed E-state index contributed by atoms with van der Waals surface area (Å²) in [7, 11) is 0. The van der Waals surface area contributed by atoms with Crippen molar-refractivity contribution in [3.8, 4) is 0 Å². The quantitative estimate of drug-likeness (QED) is 0.401. The third-order valence-electron chi connectivity index (χ3n) is 1.95. The van der Waals surface area contributed by atoms with E-state index in [9.17, 15) is 5.11 Å². The summed E-state index contributed by atoms with van der Waals surface area (Å²) in [5.74, 6) is 0.